The molecular formula is C74H44N6. The highest BCUT2D eigenvalue weighted by Gasteiger charge is 2.23. The molecule has 12 aromatic carbocycles. The van der Waals surface area contributed by atoms with Crippen LogP contribution in [0.1, 0.15) is 5.56 Å². The fourth-order valence-corrected chi connectivity index (χ4v) is 12.9. The Morgan fingerprint density at radius 2 is 0.637 bits per heavy atom. The molecule has 16 rings (SSSR count). The zero-order valence-corrected chi connectivity index (χ0v) is 43.1. The number of para-hydroxylation sites is 6. The average molecular weight is 1020 g/mol. The van der Waals surface area contributed by atoms with E-state index in [1.165, 1.54) is 43.6 Å². The van der Waals surface area contributed by atoms with Crippen molar-refractivity contribution < 1.29 is 0 Å². The quantitative estimate of drug-likeness (QED) is 0.147. The number of hydrogen-bond donors (Lipinski definition) is 0. The Labute approximate surface area is 460 Å². The van der Waals surface area contributed by atoms with Gasteiger partial charge in [-0.25, -0.2) is 4.85 Å². The summed E-state index contributed by atoms with van der Waals surface area (Å²) in [5, 5.41) is 20.0. The predicted molar refractivity (Wildman–Crippen MR) is 331 cm³/mol. The second kappa shape index (κ2) is 17.7. The summed E-state index contributed by atoms with van der Waals surface area (Å²) in [5.74, 6) is 0. The minimum atomic E-state index is 0.512. The van der Waals surface area contributed by atoms with E-state index in [0.717, 1.165) is 99.7 Å². The van der Waals surface area contributed by atoms with Gasteiger partial charge in [0.05, 0.1) is 73.7 Å². The van der Waals surface area contributed by atoms with E-state index in [1.54, 1.807) is 0 Å². The van der Waals surface area contributed by atoms with Crippen molar-refractivity contribution in [1.82, 2.24) is 18.3 Å². The molecule has 0 N–H and O–H groups in total. The number of benzene rings is 12. The minimum Gasteiger partial charge on any atom is -0.309 e. The van der Waals surface area contributed by atoms with Crippen molar-refractivity contribution in [2.45, 2.75) is 0 Å². The third kappa shape index (κ3) is 6.77. The van der Waals surface area contributed by atoms with Gasteiger partial charge in [0.25, 0.3) is 0 Å². The van der Waals surface area contributed by atoms with Crippen molar-refractivity contribution in [1.29, 1.82) is 5.26 Å². The normalized spacial score (nSPS) is 11.7. The van der Waals surface area contributed by atoms with E-state index in [9.17, 15) is 5.26 Å². The van der Waals surface area contributed by atoms with E-state index >= 15 is 0 Å². The highest BCUT2D eigenvalue weighted by atomic mass is 15.0. The number of rotatable bonds is 7. The van der Waals surface area contributed by atoms with Crippen LogP contribution in [0.5, 0.6) is 0 Å². The van der Waals surface area contributed by atoms with E-state index in [1.807, 2.05) is 24.3 Å². The van der Waals surface area contributed by atoms with Crippen LogP contribution in [0.3, 0.4) is 0 Å². The van der Waals surface area contributed by atoms with Crippen LogP contribution in [0.25, 0.3) is 148 Å². The number of fused-ring (bicyclic) bond motifs is 12. The van der Waals surface area contributed by atoms with Gasteiger partial charge < -0.3 is 18.3 Å². The van der Waals surface area contributed by atoms with Gasteiger partial charge in [0.15, 0.2) is 5.69 Å². The molecule has 16 aromatic rings. The first-order valence-electron chi connectivity index (χ1n) is 26.9. The van der Waals surface area contributed by atoms with E-state index in [4.69, 9.17) is 6.57 Å². The summed E-state index contributed by atoms with van der Waals surface area (Å²) in [6.07, 6.45) is 0. The molecule has 0 spiro atoms. The van der Waals surface area contributed by atoms with Crippen molar-refractivity contribution in [2.24, 2.45) is 0 Å². The van der Waals surface area contributed by atoms with Gasteiger partial charge in [-0.1, -0.05) is 152 Å². The topological polar surface area (TPSA) is 47.9 Å². The Bertz CT molecular complexity index is 4910. The lowest BCUT2D eigenvalue weighted by molar-refractivity contribution is 1.16. The van der Waals surface area contributed by atoms with Gasteiger partial charge in [0.1, 0.15) is 0 Å². The summed E-state index contributed by atoms with van der Waals surface area (Å²) < 4.78 is 9.40. The smallest absolute Gasteiger partial charge is 0.188 e. The number of aromatic nitrogens is 4. The molecule has 0 unspecified atom stereocenters. The highest BCUT2D eigenvalue weighted by Crippen LogP contribution is 2.45. The molecule has 0 atom stereocenters. The van der Waals surface area contributed by atoms with Gasteiger partial charge in [-0.15, -0.1) is 0 Å². The third-order valence-corrected chi connectivity index (χ3v) is 16.4. The van der Waals surface area contributed by atoms with Gasteiger partial charge >= 0.3 is 0 Å². The second-order valence-corrected chi connectivity index (χ2v) is 20.7. The lowest BCUT2D eigenvalue weighted by atomic mass is 9.98. The van der Waals surface area contributed by atoms with E-state index in [2.05, 4.69) is 272 Å². The fraction of sp³-hybridized carbons (Fsp3) is 0. The summed E-state index contributed by atoms with van der Waals surface area (Å²) >= 11 is 0. The Morgan fingerprint density at radius 1 is 0.287 bits per heavy atom. The lowest BCUT2D eigenvalue weighted by Crippen LogP contribution is -2.02. The zero-order valence-electron chi connectivity index (χ0n) is 43.1. The van der Waals surface area contributed by atoms with Crippen LogP contribution in [0.2, 0.25) is 0 Å². The first-order valence-corrected chi connectivity index (χ1v) is 26.9. The van der Waals surface area contributed by atoms with Crippen LogP contribution >= 0.6 is 0 Å². The second-order valence-electron chi connectivity index (χ2n) is 20.7. The third-order valence-electron chi connectivity index (χ3n) is 16.4. The van der Waals surface area contributed by atoms with Crippen LogP contribution < -0.4 is 0 Å². The fourth-order valence-electron chi connectivity index (χ4n) is 12.9. The molecule has 0 saturated carbocycles. The maximum atomic E-state index is 10.6. The summed E-state index contributed by atoms with van der Waals surface area (Å²) in [5.41, 5.74) is 20.1. The Morgan fingerprint density at radius 3 is 1.05 bits per heavy atom. The SMILES string of the molecule is [C-]#[N+]c1ccc(-n2c3ccccc3c3cc(-c4cccc(-n5c6ccccc6c6ccccc65)c4)ccc32)c(-c2cc(C#N)ccc2-n2c3ccccc3c3cc(-c4cccc(-n5c6ccccc6c6ccccc65)c4)ccc32)c1. The molecule has 0 fully saturated rings. The van der Waals surface area contributed by atoms with E-state index < -0.39 is 0 Å². The standard InChI is InChI=1S/C74H44N6/c1-76-52-35-39-74(80-70-31-13-7-25-60(70)63-44-51(34-38-73(63)80)49-17-15-19-54(42-49)78-67-28-10-4-22-57(67)58-23-5-11-29-68(58)78)64(45-52)61-40-47(46-75)32-36-71(61)79-69-30-12-6-24-59(69)62-43-50(33-37-72(62)79)48-16-14-18-53(41-48)77-65-26-8-2-20-55(65)56-21-3-9-27-66(56)77/h2-45H. The van der Waals surface area contributed by atoms with Gasteiger partial charge in [-0.3, -0.25) is 0 Å². The summed E-state index contributed by atoms with van der Waals surface area (Å²) in [7, 11) is 0. The Balaban J connectivity index is 0.853. The molecule has 0 amide bonds. The molecule has 0 aliphatic carbocycles. The zero-order chi connectivity index (χ0) is 53.0. The molecule has 4 heterocycles. The van der Waals surface area contributed by atoms with Crippen molar-refractivity contribution in [3.63, 3.8) is 0 Å². The average Bonchev–Trinajstić information content (AvgIpc) is 4.36. The summed E-state index contributed by atoms with van der Waals surface area (Å²) in [6, 6.07) is 97.4. The first-order chi connectivity index (χ1) is 39.6. The molecule has 0 radical (unpaired) electrons. The van der Waals surface area contributed by atoms with Crippen molar-refractivity contribution >= 4 is 92.9 Å². The van der Waals surface area contributed by atoms with Gasteiger partial charge in [0, 0.05) is 60.0 Å². The number of nitrogens with zero attached hydrogens (tertiary/aromatic N) is 6. The maximum absolute atomic E-state index is 10.6. The molecule has 370 valence electrons. The van der Waals surface area contributed by atoms with Crippen LogP contribution in [0, 0.1) is 17.9 Å². The molecule has 0 bridgehead atoms. The molecule has 0 saturated heterocycles. The molecular weight excluding hydrogens is 973 g/mol. The van der Waals surface area contributed by atoms with Crippen molar-refractivity contribution in [3.8, 4) is 62.2 Å². The molecule has 6 nitrogen and oxygen atoms in total. The Kier molecular flexibility index (Phi) is 9.96. The number of nitriles is 1. The van der Waals surface area contributed by atoms with Crippen LogP contribution in [0.4, 0.5) is 5.69 Å². The molecule has 0 aliphatic heterocycles. The van der Waals surface area contributed by atoms with Gasteiger partial charge in [0.2, 0.25) is 0 Å². The van der Waals surface area contributed by atoms with Gasteiger partial charge in [-0.2, -0.15) is 5.26 Å². The molecule has 4 aromatic heterocycles. The van der Waals surface area contributed by atoms with Crippen LogP contribution in [-0.2, 0) is 0 Å². The lowest BCUT2D eigenvalue weighted by Gasteiger charge is -2.19. The van der Waals surface area contributed by atoms with Crippen LogP contribution in [-0.4, -0.2) is 18.3 Å². The highest BCUT2D eigenvalue weighted by molar-refractivity contribution is 6.14. The van der Waals surface area contributed by atoms with Gasteiger partial charge in [-0.05, 0) is 143 Å². The largest absolute Gasteiger partial charge is 0.309 e. The predicted octanol–water partition coefficient (Wildman–Crippen LogP) is 19.5. The van der Waals surface area contributed by atoms with E-state index in [0.29, 0.717) is 11.3 Å². The van der Waals surface area contributed by atoms with E-state index in [-0.39, 0.29) is 0 Å². The minimum absolute atomic E-state index is 0.512. The number of hydrogen-bond acceptors (Lipinski definition) is 1. The van der Waals surface area contributed by atoms with Crippen molar-refractivity contribution in [2.75, 3.05) is 0 Å². The summed E-state index contributed by atoms with van der Waals surface area (Å²) in [4.78, 5) is 4.00. The van der Waals surface area contributed by atoms with Crippen LogP contribution in [0.15, 0.2) is 267 Å². The molecule has 0 aliphatic rings. The monoisotopic (exact) mass is 1020 g/mol. The summed E-state index contributed by atoms with van der Waals surface area (Å²) in [6.45, 7) is 8.32. The maximum Gasteiger partial charge on any atom is 0.188 e. The molecule has 80 heavy (non-hydrogen) atoms. The van der Waals surface area contributed by atoms with Crippen molar-refractivity contribution in [3.05, 3.63) is 284 Å². The molecule has 6 heteroatoms. The first kappa shape index (κ1) is 45.1. The Hall–Kier alpha value is -11.2.